The molecule has 3 rings (SSSR count). The van der Waals surface area contributed by atoms with Crippen molar-refractivity contribution in [3.8, 4) is 0 Å². The Morgan fingerprint density at radius 1 is 0.889 bits per heavy atom. The van der Waals surface area contributed by atoms with Crippen molar-refractivity contribution < 1.29 is 19.1 Å². The number of nitrogens with one attached hydrogen (secondary N) is 2. The summed E-state index contributed by atoms with van der Waals surface area (Å²) in [5.74, 6) is -1.32. The van der Waals surface area contributed by atoms with Gasteiger partial charge in [-0.15, -0.1) is 11.3 Å². The number of rotatable bonds is 7. The van der Waals surface area contributed by atoms with Gasteiger partial charge in [0, 0.05) is 0 Å². The summed E-state index contributed by atoms with van der Waals surface area (Å²) < 4.78 is 5.23. The Labute approximate surface area is 160 Å². The average molecular weight is 382 g/mol. The predicted molar refractivity (Wildman–Crippen MR) is 103 cm³/mol. The van der Waals surface area contributed by atoms with Crippen molar-refractivity contribution in [2.24, 2.45) is 0 Å². The fraction of sp³-hybridized carbons (Fsp3) is 0.150. The first-order valence-corrected chi connectivity index (χ1v) is 9.22. The molecule has 0 saturated heterocycles. The highest BCUT2D eigenvalue weighted by molar-refractivity contribution is 7.12. The lowest BCUT2D eigenvalue weighted by atomic mass is 10.1. The smallest absolute Gasteiger partial charge is 0.325 e. The highest BCUT2D eigenvalue weighted by atomic mass is 32.1. The number of thiophene rings is 1. The third-order valence-corrected chi connectivity index (χ3v) is 4.72. The van der Waals surface area contributed by atoms with Gasteiger partial charge in [0.15, 0.2) is 0 Å². The van der Waals surface area contributed by atoms with Crippen LogP contribution in [0.5, 0.6) is 0 Å². The maximum atomic E-state index is 11.9. The van der Waals surface area contributed by atoms with E-state index in [9.17, 15) is 14.4 Å². The van der Waals surface area contributed by atoms with Crippen molar-refractivity contribution >= 4 is 39.9 Å². The number of carbonyl (C=O) groups is 3. The lowest BCUT2D eigenvalue weighted by molar-refractivity contribution is -0.145. The Morgan fingerprint density at radius 3 is 2.52 bits per heavy atom. The van der Waals surface area contributed by atoms with E-state index in [1.165, 1.54) is 11.3 Å². The zero-order valence-corrected chi connectivity index (χ0v) is 15.3. The van der Waals surface area contributed by atoms with Crippen molar-refractivity contribution in [2.45, 2.75) is 6.61 Å². The molecule has 0 aliphatic carbocycles. The first-order valence-electron chi connectivity index (χ1n) is 8.34. The Morgan fingerprint density at radius 2 is 1.70 bits per heavy atom. The minimum atomic E-state index is -0.541. The fourth-order valence-corrected chi connectivity index (χ4v) is 3.16. The molecule has 27 heavy (non-hydrogen) atoms. The summed E-state index contributed by atoms with van der Waals surface area (Å²) in [6, 6.07) is 17.1. The van der Waals surface area contributed by atoms with E-state index in [-0.39, 0.29) is 25.6 Å². The minimum absolute atomic E-state index is 0.130. The van der Waals surface area contributed by atoms with Crippen molar-refractivity contribution in [3.63, 3.8) is 0 Å². The van der Waals surface area contributed by atoms with Gasteiger partial charge in [-0.05, 0) is 27.8 Å². The van der Waals surface area contributed by atoms with Gasteiger partial charge in [0.1, 0.15) is 13.2 Å². The van der Waals surface area contributed by atoms with Gasteiger partial charge in [-0.2, -0.15) is 0 Å². The molecule has 138 valence electrons. The number of hydrogen-bond acceptors (Lipinski definition) is 5. The zero-order chi connectivity index (χ0) is 19.1. The van der Waals surface area contributed by atoms with Crippen molar-refractivity contribution in [2.75, 3.05) is 13.1 Å². The number of ether oxygens (including phenoxy) is 1. The molecule has 0 radical (unpaired) electrons. The Kier molecular flexibility index (Phi) is 6.17. The largest absolute Gasteiger partial charge is 0.459 e. The Bertz CT molecular complexity index is 948. The quantitative estimate of drug-likeness (QED) is 0.615. The summed E-state index contributed by atoms with van der Waals surface area (Å²) in [5.41, 5.74) is 0.899. The molecule has 1 aromatic heterocycles. The van der Waals surface area contributed by atoms with Crippen molar-refractivity contribution in [1.29, 1.82) is 0 Å². The van der Waals surface area contributed by atoms with Crippen molar-refractivity contribution in [1.82, 2.24) is 10.6 Å². The van der Waals surface area contributed by atoms with Gasteiger partial charge in [-0.3, -0.25) is 14.4 Å². The average Bonchev–Trinajstić information content (AvgIpc) is 3.23. The summed E-state index contributed by atoms with van der Waals surface area (Å²) in [6.45, 7) is -0.322. The molecule has 0 atom stereocenters. The Hall–Kier alpha value is -3.19. The van der Waals surface area contributed by atoms with Crippen LogP contribution in [-0.2, 0) is 20.9 Å². The number of hydrogen-bond donors (Lipinski definition) is 2. The van der Waals surface area contributed by atoms with E-state index >= 15 is 0 Å². The molecule has 0 aliphatic rings. The summed E-state index contributed by atoms with van der Waals surface area (Å²) in [7, 11) is 0. The molecule has 0 fully saturated rings. The third-order valence-electron chi connectivity index (χ3n) is 3.85. The van der Waals surface area contributed by atoms with Crippen molar-refractivity contribution in [3.05, 3.63) is 70.4 Å². The molecular weight excluding hydrogens is 364 g/mol. The normalized spacial score (nSPS) is 10.4. The van der Waals surface area contributed by atoms with Crippen LogP contribution in [0.2, 0.25) is 0 Å². The lowest BCUT2D eigenvalue weighted by Gasteiger charge is -2.09. The monoisotopic (exact) mass is 382 g/mol. The SMILES string of the molecule is O=C(CNC(=O)c1cccs1)NCC(=O)OCc1cccc2ccccc12. The number of benzene rings is 2. The summed E-state index contributed by atoms with van der Waals surface area (Å²) in [4.78, 5) is 35.9. The molecule has 3 aromatic rings. The van der Waals surface area contributed by atoms with E-state index < -0.39 is 11.9 Å². The molecule has 0 bridgehead atoms. The van der Waals surface area contributed by atoms with Gasteiger partial charge in [0.2, 0.25) is 5.91 Å². The van der Waals surface area contributed by atoms with E-state index in [0.717, 1.165) is 16.3 Å². The fourth-order valence-electron chi connectivity index (χ4n) is 2.52. The first kappa shape index (κ1) is 18.6. The highest BCUT2D eigenvalue weighted by Gasteiger charge is 2.11. The maximum Gasteiger partial charge on any atom is 0.325 e. The summed E-state index contributed by atoms with van der Waals surface area (Å²) in [6.07, 6.45) is 0. The molecule has 2 aromatic carbocycles. The molecule has 7 heteroatoms. The predicted octanol–water partition coefficient (Wildman–Crippen LogP) is 2.49. The molecule has 0 unspecified atom stereocenters. The topological polar surface area (TPSA) is 84.5 Å². The van der Waals surface area contributed by atoms with Gasteiger partial charge in [-0.1, -0.05) is 48.5 Å². The number of amides is 2. The first-order chi connectivity index (χ1) is 13.1. The molecule has 2 amide bonds. The maximum absolute atomic E-state index is 11.9. The number of esters is 1. The van der Waals surface area contributed by atoms with E-state index in [4.69, 9.17) is 4.74 Å². The van der Waals surface area contributed by atoms with Crippen LogP contribution >= 0.6 is 11.3 Å². The van der Waals surface area contributed by atoms with Gasteiger partial charge in [0.05, 0.1) is 11.4 Å². The van der Waals surface area contributed by atoms with E-state index in [2.05, 4.69) is 10.6 Å². The van der Waals surface area contributed by atoms with Crippen LogP contribution in [0.25, 0.3) is 10.8 Å². The third kappa shape index (κ3) is 5.15. The van der Waals surface area contributed by atoms with Crippen LogP contribution in [0.4, 0.5) is 0 Å². The van der Waals surface area contributed by atoms with Crippen LogP contribution in [-0.4, -0.2) is 30.9 Å². The molecule has 2 N–H and O–H groups in total. The Balaban J connectivity index is 1.41. The molecule has 0 spiro atoms. The number of carbonyl (C=O) groups excluding carboxylic acids is 3. The molecule has 1 heterocycles. The molecule has 6 nitrogen and oxygen atoms in total. The van der Waals surface area contributed by atoms with E-state index in [0.29, 0.717) is 4.88 Å². The standard InChI is InChI=1S/C20H18N2O4S/c23-18(11-22-20(25)17-9-4-10-27-17)21-12-19(24)26-13-15-7-3-6-14-5-1-2-8-16(14)15/h1-10H,11-13H2,(H,21,23)(H,22,25). The van der Waals surface area contributed by atoms with Gasteiger partial charge < -0.3 is 15.4 Å². The molecule has 0 saturated carbocycles. The zero-order valence-electron chi connectivity index (χ0n) is 14.4. The lowest BCUT2D eigenvalue weighted by Crippen LogP contribution is -2.39. The van der Waals surface area contributed by atoms with Crippen LogP contribution in [0.3, 0.4) is 0 Å². The van der Waals surface area contributed by atoms with Crippen LogP contribution < -0.4 is 10.6 Å². The van der Waals surface area contributed by atoms with Crippen LogP contribution in [0, 0.1) is 0 Å². The highest BCUT2D eigenvalue weighted by Crippen LogP contribution is 2.19. The molecular formula is C20H18N2O4S. The summed E-state index contributed by atoms with van der Waals surface area (Å²) >= 11 is 1.29. The number of fused-ring (bicyclic) bond motifs is 1. The summed E-state index contributed by atoms with van der Waals surface area (Å²) in [5, 5.41) is 8.80. The minimum Gasteiger partial charge on any atom is -0.459 e. The second-order valence-electron chi connectivity index (χ2n) is 5.74. The van der Waals surface area contributed by atoms with Gasteiger partial charge in [-0.25, -0.2) is 0 Å². The van der Waals surface area contributed by atoms with Gasteiger partial charge in [0.25, 0.3) is 5.91 Å². The van der Waals surface area contributed by atoms with Crippen LogP contribution in [0.15, 0.2) is 60.0 Å². The second-order valence-corrected chi connectivity index (χ2v) is 6.68. The van der Waals surface area contributed by atoms with Gasteiger partial charge >= 0.3 is 5.97 Å². The van der Waals surface area contributed by atoms with E-state index in [1.54, 1.807) is 17.5 Å². The van der Waals surface area contributed by atoms with Crippen LogP contribution in [0.1, 0.15) is 15.2 Å². The second kappa shape index (κ2) is 8.95. The molecule has 0 aliphatic heterocycles. The van der Waals surface area contributed by atoms with E-state index in [1.807, 2.05) is 42.5 Å².